The molecule has 0 radical (unpaired) electrons. The van der Waals surface area contributed by atoms with Crippen LogP contribution in [0.3, 0.4) is 0 Å². The van der Waals surface area contributed by atoms with E-state index < -0.39 is 0 Å². The Kier molecular flexibility index (Phi) is 10.3. The summed E-state index contributed by atoms with van der Waals surface area (Å²) < 4.78 is 7.55. The molecule has 0 bridgehead atoms. The molecule has 0 spiro atoms. The van der Waals surface area contributed by atoms with Gasteiger partial charge in [0.2, 0.25) is 11.4 Å². The number of benzene rings is 1. The fourth-order valence-corrected chi connectivity index (χ4v) is 6.90. The standard InChI is InChI=1S/C20H26N2S4.2HI/c1-11-9-25-19(23-7)21(11)17-14(4)13(3)15(5)18(16(17)6)22-12(2)10-26-20(22)24-8;;/h9-10H,1-8H3;2*1H/q+2;;/p-2. The van der Waals surface area contributed by atoms with Crippen molar-refractivity contribution in [2.45, 2.75) is 50.2 Å². The maximum Gasteiger partial charge on any atom is 0.303 e. The Labute approximate surface area is 219 Å². The zero-order valence-corrected chi connectivity index (χ0v) is 25.0. The first kappa shape index (κ1) is 26.7. The monoisotopic (exact) mass is 676 g/mol. The highest BCUT2D eigenvalue weighted by Gasteiger charge is 2.33. The zero-order valence-electron chi connectivity index (χ0n) is 17.4. The van der Waals surface area contributed by atoms with Crippen molar-refractivity contribution < 1.29 is 57.1 Å². The lowest BCUT2D eigenvalue weighted by atomic mass is 9.95. The second-order valence-corrected chi connectivity index (χ2v) is 10.4. The number of aromatic nitrogens is 2. The Morgan fingerprint density at radius 1 is 0.607 bits per heavy atom. The normalized spacial score (nSPS) is 10.6. The molecule has 2 aromatic heterocycles. The molecule has 1 aromatic carbocycles. The van der Waals surface area contributed by atoms with Crippen LogP contribution < -0.4 is 57.1 Å². The Balaban J connectivity index is 0.00000196. The van der Waals surface area contributed by atoms with Gasteiger partial charge in [0.1, 0.15) is 0 Å². The van der Waals surface area contributed by atoms with Gasteiger partial charge in [0.05, 0.1) is 16.3 Å². The van der Waals surface area contributed by atoms with Crippen LogP contribution in [0.2, 0.25) is 0 Å². The molecule has 3 aromatic rings. The fraction of sp³-hybridized carbons (Fsp3) is 0.400. The largest absolute Gasteiger partial charge is 1.00 e. The van der Waals surface area contributed by atoms with Crippen LogP contribution in [0.25, 0.3) is 11.4 Å². The zero-order chi connectivity index (χ0) is 19.2. The highest BCUT2D eigenvalue weighted by Crippen LogP contribution is 2.32. The topological polar surface area (TPSA) is 7.76 Å². The van der Waals surface area contributed by atoms with Gasteiger partial charge in [-0.3, -0.25) is 0 Å². The van der Waals surface area contributed by atoms with Crippen molar-refractivity contribution in [1.29, 1.82) is 0 Å². The van der Waals surface area contributed by atoms with Crippen molar-refractivity contribution in [3.05, 3.63) is 44.4 Å². The van der Waals surface area contributed by atoms with Crippen LogP contribution in [-0.4, -0.2) is 12.5 Å². The van der Waals surface area contributed by atoms with Crippen LogP contribution in [0.15, 0.2) is 19.4 Å². The van der Waals surface area contributed by atoms with E-state index >= 15 is 0 Å². The summed E-state index contributed by atoms with van der Waals surface area (Å²) in [5.41, 5.74) is 10.8. The van der Waals surface area contributed by atoms with Gasteiger partial charge in [-0.2, -0.15) is 0 Å². The molecular weight excluding hydrogens is 650 g/mol. The molecule has 0 N–H and O–H groups in total. The van der Waals surface area contributed by atoms with E-state index in [1.54, 1.807) is 0 Å². The van der Waals surface area contributed by atoms with Crippen molar-refractivity contribution in [3.8, 4) is 11.4 Å². The van der Waals surface area contributed by atoms with Gasteiger partial charge < -0.3 is 48.0 Å². The van der Waals surface area contributed by atoms with Gasteiger partial charge in [-0.15, -0.1) is 9.13 Å². The Hall–Kier alpha value is 0.640. The Morgan fingerprint density at radius 2 is 0.964 bits per heavy atom. The first-order chi connectivity index (χ1) is 12.3. The highest BCUT2D eigenvalue weighted by atomic mass is 127. The van der Waals surface area contributed by atoms with Crippen molar-refractivity contribution in [1.82, 2.24) is 0 Å². The van der Waals surface area contributed by atoms with Gasteiger partial charge in [-0.05, 0) is 69.3 Å². The van der Waals surface area contributed by atoms with Crippen molar-refractivity contribution in [2.75, 3.05) is 12.5 Å². The van der Waals surface area contributed by atoms with Crippen molar-refractivity contribution in [2.24, 2.45) is 0 Å². The number of rotatable bonds is 4. The molecule has 0 aliphatic heterocycles. The molecule has 0 atom stereocenters. The second kappa shape index (κ2) is 10.8. The lowest BCUT2D eigenvalue weighted by molar-refractivity contribution is -0.644. The predicted octanol–water partition coefficient (Wildman–Crippen LogP) is -0.335. The van der Waals surface area contributed by atoms with Crippen molar-refractivity contribution >= 4 is 46.2 Å². The SMILES string of the molecule is CSc1scc(C)[n+]1-c1c(C)c(C)c(C)c(-[n+]2c(C)csc2SC)c1C.[I-].[I-]. The number of aryl methyl sites for hydroxylation is 2. The predicted molar refractivity (Wildman–Crippen MR) is 117 cm³/mol. The third kappa shape index (κ3) is 4.46. The minimum absolute atomic E-state index is 0. The molecule has 0 unspecified atom stereocenters. The summed E-state index contributed by atoms with van der Waals surface area (Å²) in [5.74, 6) is 0. The smallest absolute Gasteiger partial charge is 0.303 e. The maximum atomic E-state index is 2.44. The van der Waals surface area contributed by atoms with Gasteiger partial charge in [-0.25, -0.2) is 0 Å². The molecule has 2 heterocycles. The van der Waals surface area contributed by atoms with E-state index in [1.165, 1.54) is 53.7 Å². The lowest BCUT2D eigenvalue weighted by Crippen LogP contribution is -3.00. The molecule has 0 saturated carbocycles. The lowest BCUT2D eigenvalue weighted by Gasteiger charge is -2.14. The van der Waals surface area contributed by atoms with Crippen LogP contribution in [0.1, 0.15) is 33.6 Å². The van der Waals surface area contributed by atoms with E-state index in [9.17, 15) is 0 Å². The van der Waals surface area contributed by atoms with Crippen LogP contribution >= 0.6 is 46.2 Å². The van der Waals surface area contributed by atoms with Crippen LogP contribution in [0.5, 0.6) is 0 Å². The molecule has 8 heteroatoms. The number of nitrogens with zero attached hydrogens (tertiary/aromatic N) is 2. The van der Waals surface area contributed by atoms with E-state index in [-0.39, 0.29) is 48.0 Å². The summed E-state index contributed by atoms with van der Waals surface area (Å²) >= 11 is 7.31. The van der Waals surface area contributed by atoms with Gasteiger partial charge in [0.25, 0.3) is 0 Å². The molecule has 3 rings (SSSR count). The molecule has 0 fully saturated rings. The van der Waals surface area contributed by atoms with Crippen LogP contribution in [0, 0.1) is 41.5 Å². The summed E-state index contributed by atoms with van der Waals surface area (Å²) in [6.07, 6.45) is 4.33. The maximum absolute atomic E-state index is 2.44. The second-order valence-electron chi connectivity index (χ2n) is 6.56. The minimum atomic E-state index is 0. The molecule has 154 valence electrons. The summed E-state index contributed by atoms with van der Waals surface area (Å²) in [7, 11) is 0. The average Bonchev–Trinajstić information content (AvgIpc) is 3.17. The molecule has 0 aliphatic carbocycles. The summed E-state index contributed by atoms with van der Waals surface area (Å²) in [4.78, 5) is 0. The first-order valence-corrected chi connectivity index (χ1v) is 12.7. The van der Waals surface area contributed by atoms with Gasteiger partial charge in [0, 0.05) is 25.0 Å². The Morgan fingerprint density at radius 3 is 1.29 bits per heavy atom. The van der Waals surface area contributed by atoms with Crippen LogP contribution in [-0.2, 0) is 0 Å². The summed E-state index contributed by atoms with van der Waals surface area (Å²) in [6.45, 7) is 13.5. The fourth-order valence-electron chi connectivity index (χ4n) is 3.57. The van der Waals surface area contributed by atoms with Gasteiger partial charge in [-0.1, -0.05) is 22.7 Å². The average molecular weight is 677 g/mol. The molecule has 0 amide bonds. The highest BCUT2D eigenvalue weighted by molar-refractivity contribution is 8.00. The van der Waals surface area contributed by atoms with Gasteiger partial charge >= 0.3 is 8.68 Å². The van der Waals surface area contributed by atoms with E-state index in [4.69, 9.17) is 0 Å². The third-order valence-electron chi connectivity index (χ3n) is 5.07. The molecule has 2 nitrogen and oxygen atoms in total. The van der Waals surface area contributed by atoms with E-state index in [0.29, 0.717) is 0 Å². The molecular formula is C20H26I2N2S4. The minimum Gasteiger partial charge on any atom is -1.00 e. The summed E-state index contributed by atoms with van der Waals surface area (Å²) in [5, 5.41) is 4.52. The molecule has 28 heavy (non-hydrogen) atoms. The third-order valence-corrected chi connectivity index (χ3v) is 9.40. The number of thioether (sulfide) groups is 2. The summed E-state index contributed by atoms with van der Waals surface area (Å²) in [6, 6.07) is 0. The number of hydrogen-bond acceptors (Lipinski definition) is 4. The quantitative estimate of drug-likeness (QED) is 0.213. The Bertz CT molecular complexity index is 917. The van der Waals surface area contributed by atoms with Gasteiger partial charge in [0.15, 0.2) is 11.4 Å². The van der Waals surface area contributed by atoms with E-state index in [0.717, 1.165) is 0 Å². The van der Waals surface area contributed by atoms with E-state index in [2.05, 4.69) is 73.9 Å². The molecule has 0 aliphatic rings. The number of hydrogen-bond donors (Lipinski definition) is 0. The van der Waals surface area contributed by atoms with Crippen molar-refractivity contribution in [3.63, 3.8) is 0 Å². The van der Waals surface area contributed by atoms with Crippen LogP contribution in [0.4, 0.5) is 0 Å². The first-order valence-electron chi connectivity index (χ1n) is 8.52. The number of halogens is 2. The van der Waals surface area contributed by atoms with E-state index in [1.807, 2.05) is 46.2 Å². The number of thiazole rings is 2. The molecule has 0 saturated heterocycles.